The van der Waals surface area contributed by atoms with Crippen LogP contribution in [0.25, 0.3) is 11.0 Å². The summed E-state index contributed by atoms with van der Waals surface area (Å²) in [4.78, 5) is 11.6. The molecule has 25 heavy (non-hydrogen) atoms. The normalized spacial score (nSPS) is 11.9. The average Bonchev–Trinajstić information content (AvgIpc) is 2.98. The van der Waals surface area contributed by atoms with Crippen LogP contribution in [-0.2, 0) is 0 Å². The highest BCUT2D eigenvalue weighted by molar-refractivity contribution is 6.31. The van der Waals surface area contributed by atoms with E-state index in [1.165, 1.54) is 30.3 Å². The molecule has 1 aromatic heterocycles. The minimum Gasteiger partial charge on any atom is -0.383 e. The molecule has 3 aromatic rings. The largest absolute Gasteiger partial charge is 0.383 e. The molecule has 4 N–H and O–H groups in total. The van der Waals surface area contributed by atoms with E-state index >= 15 is 0 Å². The summed E-state index contributed by atoms with van der Waals surface area (Å²) >= 11 is 5.74. The number of H-pyrrole nitrogens is 1. The maximum Gasteiger partial charge on any atom is 0.201 e. The van der Waals surface area contributed by atoms with E-state index in [4.69, 9.17) is 17.3 Å². The zero-order chi connectivity index (χ0) is 18.0. The average molecular weight is 364 g/mol. The van der Waals surface area contributed by atoms with Crippen LogP contribution in [-0.4, -0.2) is 22.3 Å². The minimum absolute atomic E-state index is 0.0562. The number of amidine groups is 1. The summed E-state index contributed by atoms with van der Waals surface area (Å²) in [6, 6.07) is 6.57. The second-order valence-electron chi connectivity index (χ2n) is 5.46. The lowest BCUT2D eigenvalue weighted by Gasteiger charge is -2.04. The Morgan fingerprint density at radius 1 is 1.32 bits per heavy atom. The lowest BCUT2D eigenvalue weighted by atomic mass is 10.1. The summed E-state index contributed by atoms with van der Waals surface area (Å²) in [5.41, 5.74) is 7.74. The number of nitrogens with one attached hydrogen (secondary N) is 2. The Labute approximate surface area is 147 Å². The first kappa shape index (κ1) is 17.2. The molecule has 0 saturated heterocycles. The van der Waals surface area contributed by atoms with Crippen molar-refractivity contribution in [2.75, 3.05) is 11.9 Å². The van der Waals surface area contributed by atoms with Crippen LogP contribution in [0.1, 0.15) is 18.9 Å². The minimum atomic E-state index is -0.550. The zero-order valence-corrected chi connectivity index (χ0v) is 14.2. The molecule has 0 aliphatic heterocycles. The maximum absolute atomic E-state index is 13.9. The molecule has 0 saturated carbocycles. The second-order valence-corrected chi connectivity index (χ2v) is 5.86. The van der Waals surface area contributed by atoms with Gasteiger partial charge in [-0.25, -0.2) is 18.8 Å². The number of anilines is 1. The van der Waals surface area contributed by atoms with Crippen LogP contribution in [0.4, 0.5) is 20.4 Å². The van der Waals surface area contributed by atoms with Crippen LogP contribution in [0, 0.1) is 11.6 Å². The van der Waals surface area contributed by atoms with Crippen molar-refractivity contribution in [1.82, 2.24) is 9.97 Å². The third-order valence-electron chi connectivity index (χ3n) is 3.52. The van der Waals surface area contributed by atoms with Gasteiger partial charge in [0.2, 0.25) is 5.95 Å². The van der Waals surface area contributed by atoms with E-state index in [9.17, 15) is 8.78 Å². The van der Waals surface area contributed by atoms with E-state index in [0.717, 1.165) is 13.0 Å². The molecule has 0 fully saturated rings. The van der Waals surface area contributed by atoms with Gasteiger partial charge < -0.3 is 16.0 Å². The number of hydrogen-bond donors (Lipinski definition) is 3. The lowest BCUT2D eigenvalue weighted by Crippen LogP contribution is -2.14. The molecule has 0 bridgehead atoms. The van der Waals surface area contributed by atoms with E-state index in [2.05, 4.69) is 20.3 Å². The fourth-order valence-electron chi connectivity index (χ4n) is 2.36. The topological polar surface area (TPSA) is 79.1 Å². The van der Waals surface area contributed by atoms with Crippen LogP contribution >= 0.6 is 11.6 Å². The number of rotatable bonds is 5. The predicted molar refractivity (Wildman–Crippen MR) is 96.6 cm³/mol. The van der Waals surface area contributed by atoms with E-state index in [1.807, 2.05) is 6.92 Å². The lowest BCUT2D eigenvalue weighted by molar-refractivity contribution is 0.628. The number of imidazole rings is 1. The van der Waals surface area contributed by atoms with Gasteiger partial charge in [-0.15, -0.1) is 0 Å². The van der Waals surface area contributed by atoms with Gasteiger partial charge in [0.1, 0.15) is 23.0 Å². The van der Waals surface area contributed by atoms with Gasteiger partial charge >= 0.3 is 0 Å². The summed E-state index contributed by atoms with van der Waals surface area (Å²) in [7, 11) is 0. The Morgan fingerprint density at radius 3 is 2.84 bits per heavy atom. The van der Waals surface area contributed by atoms with Crippen molar-refractivity contribution in [1.29, 1.82) is 0 Å². The number of benzene rings is 2. The summed E-state index contributed by atoms with van der Waals surface area (Å²) in [6.45, 7) is 2.76. The Balaban J connectivity index is 2.04. The van der Waals surface area contributed by atoms with Crippen LogP contribution in [0.2, 0.25) is 5.02 Å². The number of aliphatic imine (C=N–C) groups is 1. The summed E-state index contributed by atoms with van der Waals surface area (Å²) in [5, 5.41) is 3.04. The van der Waals surface area contributed by atoms with Crippen molar-refractivity contribution in [2.24, 2.45) is 10.7 Å². The van der Waals surface area contributed by atoms with Gasteiger partial charge in [0.05, 0.1) is 16.2 Å². The van der Waals surface area contributed by atoms with Crippen LogP contribution in [0.5, 0.6) is 0 Å². The van der Waals surface area contributed by atoms with Gasteiger partial charge in [0.15, 0.2) is 0 Å². The molecule has 8 heteroatoms. The number of nitrogens with two attached hydrogens (primary N) is 1. The highest BCUT2D eigenvalue weighted by Gasteiger charge is 2.13. The number of aromatic amines is 1. The molecule has 0 unspecified atom stereocenters. The highest BCUT2D eigenvalue weighted by Crippen LogP contribution is 2.24. The van der Waals surface area contributed by atoms with Crippen molar-refractivity contribution in [3.63, 3.8) is 0 Å². The molecular formula is C17H16ClF2N5. The fraction of sp³-hybridized carbons (Fsp3) is 0.176. The SMILES string of the molecule is CCCNc1nc2c(C(N)=Nc3ccc(F)c(Cl)c3)cc(F)cc2[nH]1. The van der Waals surface area contributed by atoms with Gasteiger partial charge in [0.25, 0.3) is 0 Å². The van der Waals surface area contributed by atoms with Crippen LogP contribution < -0.4 is 11.1 Å². The molecule has 0 amide bonds. The second kappa shape index (κ2) is 7.06. The molecule has 2 aromatic carbocycles. The summed E-state index contributed by atoms with van der Waals surface area (Å²) < 4.78 is 27.2. The first-order valence-electron chi connectivity index (χ1n) is 7.70. The number of halogens is 3. The Hall–Kier alpha value is -2.67. The summed E-state index contributed by atoms with van der Waals surface area (Å²) in [5.74, 6) is -0.434. The van der Waals surface area contributed by atoms with Crippen molar-refractivity contribution in [2.45, 2.75) is 13.3 Å². The third-order valence-corrected chi connectivity index (χ3v) is 3.81. The third kappa shape index (κ3) is 3.71. The van der Waals surface area contributed by atoms with E-state index in [0.29, 0.717) is 28.2 Å². The molecule has 0 radical (unpaired) electrons. The Bertz CT molecular complexity index is 952. The summed E-state index contributed by atoms with van der Waals surface area (Å²) in [6.07, 6.45) is 0.924. The van der Waals surface area contributed by atoms with Crippen LogP contribution in [0.15, 0.2) is 35.3 Å². The molecule has 3 rings (SSSR count). The predicted octanol–water partition coefficient (Wildman–Crippen LogP) is 4.35. The van der Waals surface area contributed by atoms with Gasteiger partial charge in [0, 0.05) is 12.1 Å². The van der Waals surface area contributed by atoms with Crippen molar-refractivity contribution in [3.05, 3.63) is 52.6 Å². The zero-order valence-electron chi connectivity index (χ0n) is 13.4. The van der Waals surface area contributed by atoms with Crippen LogP contribution in [0.3, 0.4) is 0 Å². The standard InChI is InChI=1S/C17H16ClF2N5/c1-2-5-22-17-24-14-7-9(19)6-11(15(14)25-17)16(21)23-10-3-4-13(20)12(18)8-10/h3-4,6-8H,2,5H2,1H3,(H2,21,23)(H2,22,24,25). The van der Waals surface area contributed by atoms with Crippen molar-refractivity contribution >= 4 is 40.1 Å². The first-order valence-corrected chi connectivity index (χ1v) is 8.08. The fourth-order valence-corrected chi connectivity index (χ4v) is 2.53. The van der Waals surface area contributed by atoms with Crippen molar-refractivity contribution < 1.29 is 8.78 Å². The van der Waals surface area contributed by atoms with Gasteiger partial charge in [-0.1, -0.05) is 18.5 Å². The molecule has 0 spiro atoms. The number of nitrogens with zero attached hydrogens (tertiary/aromatic N) is 2. The van der Waals surface area contributed by atoms with Gasteiger partial charge in [-0.05, 0) is 36.8 Å². The van der Waals surface area contributed by atoms with E-state index in [1.54, 1.807) is 0 Å². The Kier molecular flexibility index (Phi) is 4.85. The highest BCUT2D eigenvalue weighted by atomic mass is 35.5. The molecule has 1 heterocycles. The first-order chi connectivity index (χ1) is 12.0. The maximum atomic E-state index is 13.9. The quantitative estimate of drug-likeness (QED) is 0.465. The van der Waals surface area contributed by atoms with Gasteiger partial charge in [-0.2, -0.15) is 0 Å². The van der Waals surface area contributed by atoms with E-state index in [-0.39, 0.29) is 10.9 Å². The van der Waals surface area contributed by atoms with E-state index < -0.39 is 11.6 Å². The molecule has 0 atom stereocenters. The molecular weight excluding hydrogens is 348 g/mol. The number of hydrogen-bond acceptors (Lipinski definition) is 3. The Morgan fingerprint density at radius 2 is 2.12 bits per heavy atom. The smallest absolute Gasteiger partial charge is 0.201 e. The molecule has 130 valence electrons. The van der Waals surface area contributed by atoms with Crippen molar-refractivity contribution in [3.8, 4) is 0 Å². The monoisotopic (exact) mass is 363 g/mol. The molecule has 0 aliphatic carbocycles. The van der Waals surface area contributed by atoms with Gasteiger partial charge in [-0.3, -0.25) is 0 Å². The number of fused-ring (bicyclic) bond motifs is 1. The molecule has 0 aliphatic rings. The molecule has 5 nitrogen and oxygen atoms in total. The number of aromatic nitrogens is 2.